The van der Waals surface area contributed by atoms with Crippen LogP contribution in [0.3, 0.4) is 0 Å². The number of hydrogen-bond donors (Lipinski definition) is 1. The van der Waals surface area contributed by atoms with Crippen LogP contribution in [0.25, 0.3) is 0 Å². The molecule has 0 unspecified atom stereocenters. The molecule has 20 heavy (non-hydrogen) atoms. The minimum atomic E-state index is -0.334. The predicted octanol–water partition coefficient (Wildman–Crippen LogP) is 2.68. The third-order valence-corrected chi connectivity index (χ3v) is 4.07. The smallest absolute Gasteiger partial charge is 0.273 e. The lowest BCUT2D eigenvalue weighted by molar-refractivity contribution is -0.385. The maximum absolute atomic E-state index is 11.0. The van der Waals surface area contributed by atoms with E-state index in [1.54, 1.807) is 12.1 Å². The lowest BCUT2D eigenvalue weighted by Crippen LogP contribution is -2.36. The summed E-state index contributed by atoms with van der Waals surface area (Å²) in [6.45, 7) is 3.61. The second kappa shape index (κ2) is 7.02. The number of nitro benzene ring substituents is 1. The highest BCUT2D eigenvalue weighted by Crippen LogP contribution is 2.26. The summed E-state index contributed by atoms with van der Waals surface area (Å²) in [6.07, 6.45) is 2.27. The van der Waals surface area contributed by atoms with Gasteiger partial charge in [-0.15, -0.1) is 0 Å². The Morgan fingerprint density at radius 2 is 2.15 bits per heavy atom. The van der Waals surface area contributed by atoms with Crippen LogP contribution >= 0.6 is 11.6 Å². The molecule has 0 saturated carbocycles. The van der Waals surface area contributed by atoms with Crippen molar-refractivity contribution in [3.8, 4) is 0 Å². The summed E-state index contributed by atoms with van der Waals surface area (Å²) in [6, 6.07) is 4.77. The van der Waals surface area contributed by atoms with E-state index >= 15 is 0 Å². The first-order chi connectivity index (χ1) is 9.60. The molecule has 0 aromatic heterocycles. The van der Waals surface area contributed by atoms with Crippen LogP contribution in [0.1, 0.15) is 18.4 Å². The minimum Gasteiger partial charge on any atom is -0.319 e. The normalized spacial score (nSPS) is 17.3. The number of nitrogens with zero attached hydrogens (tertiary/aromatic N) is 2. The van der Waals surface area contributed by atoms with Gasteiger partial charge in [-0.05, 0) is 57.6 Å². The molecule has 1 saturated heterocycles. The predicted molar refractivity (Wildman–Crippen MR) is 80.0 cm³/mol. The molecule has 110 valence electrons. The van der Waals surface area contributed by atoms with E-state index in [1.807, 2.05) is 7.05 Å². The molecule has 2 rings (SSSR count). The van der Waals surface area contributed by atoms with E-state index < -0.39 is 0 Å². The monoisotopic (exact) mass is 297 g/mol. The standard InChI is InChI=1S/C14H20ClN3O2/c1-16-9-11-4-6-17(7-5-11)10-12-8-13(15)2-3-14(12)18(19)20/h2-3,8,11,16H,4-7,9-10H2,1H3. The first-order valence-electron chi connectivity index (χ1n) is 6.90. The fourth-order valence-electron chi connectivity index (χ4n) is 2.74. The van der Waals surface area contributed by atoms with Crippen LogP contribution < -0.4 is 5.32 Å². The summed E-state index contributed by atoms with van der Waals surface area (Å²) in [5.74, 6) is 0.714. The number of benzene rings is 1. The summed E-state index contributed by atoms with van der Waals surface area (Å²) in [4.78, 5) is 13.0. The van der Waals surface area contributed by atoms with Crippen molar-refractivity contribution in [3.05, 3.63) is 38.9 Å². The van der Waals surface area contributed by atoms with Crippen LogP contribution in [-0.2, 0) is 6.54 Å². The Hall–Kier alpha value is -1.17. The first-order valence-corrected chi connectivity index (χ1v) is 7.27. The molecule has 1 aliphatic rings. The van der Waals surface area contributed by atoms with Gasteiger partial charge >= 0.3 is 0 Å². The van der Waals surface area contributed by atoms with Gasteiger partial charge in [-0.1, -0.05) is 11.6 Å². The van der Waals surface area contributed by atoms with Crippen molar-refractivity contribution in [2.75, 3.05) is 26.7 Å². The Labute approximate surface area is 124 Å². The van der Waals surface area contributed by atoms with Crippen LogP contribution in [0, 0.1) is 16.0 Å². The Morgan fingerprint density at radius 1 is 1.45 bits per heavy atom. The highest BCUT2D eigenvalue weighted by Gasteiger charge is 2.21. The van der Waals surface area contributed by atoms with Gasteiger partial charge in [-0.2, -0.15) is 0 Å². The van der Waals surface area contributed by atoms with Gasteiger partial charge in [0, 0.05) is 23.2 Å². The summed E-state index contributed by atoms with van der Waals surface area (Å²) >= 11 is 5.95. The Bertz CT molecular complexity index is 473. The van der Waals surface area contributed by atoms with Gasteiger partial charge in [-0.25, -0.2) is 0 Å². The highest BCUT2D eigenvalue weighted by molar-refractivity contribution is 6.30. The SMILES string of the molecule is CNCC1CCN(Cc2cc(Cl)ccc2[N+](=O)[O-])CC1. The lowest BCUT2D eigenvalue weighted by atomic mass is 9.96. The number of rotatable bonds is 5. The zero-order valence-electron chi connectivity index (χ0n) is 11.6. The number of hydrogen-bond acceptors (Lipinski definition) is 4. The molecule has 0 radical (unpaired) electrons. The maximum atomic E-state index is 11.0. The number of piperidine rings is 1. The van der Waals surface area contributed by atoms with Gasteiger partial charge in [0.2, 0.25) is 0 Å². The van der Waals surface area contributed by atoms with Crippen molar-refractivity contribution in [2.45, 2.75) is 19.4 Å². The molecule has 5 nitrogen and oxygen atoms in total. The van der Waals surface area contributed by atoms with E-state index in [2.05, 4.69) is 10.2 Å². The summed E-state index contributed by atoms with van der Waals surface area (Å²) in [7, 11) is 1.97. The van der Waals surface area contributed by atoms with Crippen LogP contribution in [-0.4, -0.2) is 36.5 Å². The molecule has 6 heteroatoms. The van der Waals surface area contributed by atoms with Crippen molar-refractivity contribution in [2.24, 2.45) is 5.92 Å². The fraction of sp³-hybridized carbons (Fsp3) is 0.571. The molecular weight excluding hydrogens is 278 g/mol. The molecule has 0 bridgehead atoms. The number of likely N-dealkylation sites (tertiary alicyclic amines) is 1. The molecule has 1 fully saturated rings. The van der Waals surface area contributed by atoms with Crippen molar-refractivity contribution in [1.82, 2.24) is 10.2 Å². The molecular formula is C14H20ClN3O2. The third-order valence-electron chi connectivity index (χ3n) is 3.83. The van der Waals surface area contributed by atoms with Crippen LogP contribution in [0.15, 0.2) is 18.2 Å². The summed E-state index contributed by atoms with van der Waals surface area (Å²) in [5.41, 5.74) is 0.862. The Morgan fingerprint density at radius 3 is 2.75 bits per heavy atom. The quantitative estimate of drug-likeness (QED) is 0.670. The average molecular weight is 298 g/mol. The number of nitrogens with one attached hydrogen (secondary N) is 1. The van der Waals surface area contributed by atoms with Gasteiger partial charge < -0.3 is 5.32 Å². The van der Waals surface area contributed by atoms with E-state index in [4.69, 9.17) is 11.6 Å². The molecule has 1 aliphatic heterocycles. The molecule has 1 heterocycles. The third kappa shape index (κ3) is 3.91. The Kier molecular flexibility index (Phi) is 5.34. The molecule has 1 aromatic carbocycles. The topological polar surface area (TPSA) is 58.4 Å². The van der Waals surface area contributed by atoms with Gasteiger partial charge in [0.25, 0.3) is 5.69 Å². The number of halogens is 1. The Balaban J connectivity index is 2.00. The average Bonchev–Trinajstić information content (AvgIpc) is 2.41. The second-order valence-corrected chi connectivity index (χ2v) is 5.74. The second-order valence-electron chi connectivity index (χ2n) is 5.31. The fourth-order valence-corrected chi connectivity index (χ4v) is 2.93. The minimum absolute atomic E-state index is 0.159. The first kappa shape index (κ1) is 15.2. The molecule has 0 aliphatic carbocycles. The largest absolute Gasteiger partial charge is 0.319 e. The van der Waals surface area contributed by atoms with E-state index in [0.717, 1.165) is 32.5 Å². The van der Waals surface area contributed by atoms with Gasteiger partial charge in [0.05, 0.1) is 4.92 Å². The van der Waals surface area contributed by atoms with Crippen molar-refractivity contribution < 1.29 is 4.92 Å². The number of nitro groups is 1. The molecule has 1 aromatic rings. The van der Waals surface area contributed by atoms with Crippen LogP contribution in [0.5, 0.6) is 0 Å². The van der Waals surface area contributed by atoms with Gasteiger partial charge in [0.15, 0.2) is 0 Å². The molecule has 1 N–H and O–H groups in total. The van der Waals surface area contributed by atoms with Crippen LogP contribution in [0.4, 0.5) is 5.69 Å². The van der Waals surface area contributed by atoms with Crippen LogP contribution in [0.2, 0.25) is 5.02 Å². The van der Waals surface area contributed by atoms with Crippen molar-refractivity contribution >= 4 is 17.3 Å². The molecule has 0 atom stereocenters. The van der Waals surface area contributed by atoms with Crippen molar-refractivity contribution in [3.63, 3.8) is 0 Å². The van der Waals surface area contributed by atoms with E-state index in [9.17, 15) is 10.1 Å². The summed E-state index contributed by atoms with van der Waals surface area (Å²) < 4.78 is 0. The highest BCUT2D eigenvalue weighted by atomic mass is 35.5. The molecule has 0 spiro atoms. The van der Waals surface area contributed by atoms with E-state index in [1.165, 1.54) is 6.07 Å². The molecule has 0 amide bonds. The zero-order chi connectivity index (χ0) is 14.5. The lowest BCUT2D eigenvalue weighted by Gasteiger charge is -2.31. The van der Waals surface area contributed by atoms with Gasteiger partial charge in [0.1, 0.15) is 0 Å². The van der Waals surface area contributed by atoms with Crippen molar-refractivity contribution in [1.29, 1.82) is 0 Å². The maximum Gasteiger partial charge on any atom is 0.273 e. The zero-order valence-corrected chi connectivity index (χ0v) is 12.4. The summed E-state index contributed by atoms with van der Waals surface area (Å²) in [5, 5.41) is 14.8. The van der Waals surface area contributed by atoms with E-state index in [0.29, 0.717) is 23.0 Å². The van der Waals surface area contributed by atoms with Gasteiger partial charge in [-0.3, -0.25) is 15.0 Å². The van der Waals surface area contributed by atoms with E-state index in [-0.39, 0.29) is 10.6 Å².